The van der Waals surface area contributed by atoms with Crippen molar-refractivity contribution in [3.05, 3.63) is 11.3 Å². The van der Waals surface area contributed by atoms with Gasteiger partial charge in [0.2, 0.25) is 0 Å². The van der Waals surface area contributed by atoms with Crippen LogP contribution in [0.5, 0.6) is 0 Å². The highest BCUT2D eigenvalue weighted by Gasteiger charge is 2.29. The Hall–Kier alpha value is 0.220. The van der Waals surface area contributed by atoms with Gasteiger partial charge in [-0.15, -0.1) is 0 Å². The molecule has 0 saturated heterocycles. The first-order valence-electron chi connectivity index (χ1n) is 4.30. The zero-order valence-corrected chi connectivity index (χ0v) is 10.6. The van der Waals surface area contributed by atoms with Crippen LogP contribution in [0.3, 0.4) is 0 Å². The molecule has 0 fully saturated rings. The van der Waals surface area contributed by atoms with Crippen LogP contribution >= 0.6 is 32.3 Å². The lowest BCUT2D eigenvalue weighted by Crippen LogP contribution is -2.31. The largest absolute Gasteiger partial charge is 0.370 e. The lowest BCUT2D eigenvalue weighted by atomic mass is 9.97. The number of thiol groups is 1. The van der Waals surface area contributed by atoms with Crippen LogP contribution in [0.2, 0.25) is 0 Å². The average Bonchev–Trinajstić information content (AvgIpc) is 2.47. The van der Waals surface area contributed by atoms with Gasteiger partial charge in [-0.05, 0) is 34.5 Å². The zero-order valence-electron chi connectivity index (χ0n) is 8.03. The Morgan fingerprint density at radius 3 is 3.07 bits per heavy atom. The van der Waals surface area contributed by atoms with Gasteiger partial charge in [-0.3, -0.25) is 5.10 Å². The fourth-order valence-corrected chi connectivity index (χ4v) is 3.22. The molecule has 0 amide bonds. The summed E-state index contributed by atoms with van der Waals surface area (Å²) in [6, 6.07) is 0. The van der Waals surface area contributed by atoms with Gasteiger partial charge in [-0.25, -0.2) is 0 Å². The summed E-state index contributed by atoms with van der Waals surface area (Å²) >= 11 is 4.09. The summed E-state index contributed by atoms with van der Waals surface area (Å²) in [6.45, 7) is 4.84. The zero-order chi connectivity index (χ0) is 10.2. The van der Waals surface area contributed by atoms with Crippen molar-refractivity contribution >= 4 is 32.3 Å². The van der Waals surface area contributed by atoms with Crippen LogP contribution in [-0.4, -0.2) is 15.8 Å². The number of aromatic nitrogens is 2. The molecule has 1 aromatic rings. The van der Waals surface area contributed by atoms with E-state index in [-0.39, 0.29) is 5.60 Å². The smallest absolute Gasteiger partial charge is 0.135 e. The van der Waals surface area contributed by atoms with Crippen LogP contribution in [0.15, 0.2) is 5.03 Å². The Balaban J connectivity index is 2.25. The molecule has 78 valence electrons. The van der Waals surface area contributed by atoms with E-state index in [9.17, 15) is 0 Å². The van der Waals surface area contributed by atoms with Crippen molar-refractivity contribution < 1.29 is 4.74 Å². The predicted molar refractivity (Wildman–Crippen MR) is 63.6 cm³/mol. The molecule has 14 heavy (non-hydrogen) atoms. The van der Waals surface area contributed by atoms with Gasteiger partial charge in [0.25, 0.3) is 0 Å². The first-order valence-corrected chi connectivity index (χ1v) is 7.51. The van der Waals surface area contributed by atoms with Gasteiger partial charge in [-0.2, -0.15) is 5.10 Å². The van der Waals surface area contributed by atoms with Crippen LogP contribution in [0.1, 0.15) is 25.1 Å². The molecule has 0 atom stereocenters. The Morgan fingerprint density at radius 2 is 2.36 bits per heavy atom. The summed E-state index contributed by atoms with van der Waals surface area (Å²) in [6.07, 6.45) is 0.896. The highest BCUT2D eigenvalue weighted by atomic mass is 33.5. The first kappa shape index (κ1) is 10.7. The summed E-state index contributed by atoms with van der Waals surface area (Å²) in [5.74, 6) is 0. The topological polar surface area (TPSA) is 37.9 Å². The molecule has 2 rings (SSSR count). The normalized spacial score (nSPS) is 19.4. The summed E-state index contributed by atoms with van der Waals surface area (Å²) in [5.41, 5.74) is 2.32. The Morgan fingerprint density at radius 1 is 1.57 bits per heavy atom. The number of nitrogens with one attached hydrogen (secondary N) is 1. The maximum absolute atomic E-state index is 5.73. The molecular weight excluding hydrogens is 236 g/mol. The third kappa shape index (κ3) is 2.08. The Labute approximate surface area is 96.0 Å². The van der Waals surface area contributed by atoms with Gasteiger partial charge in [0.15, 0.2) is 0 Å². The molecule has 0 saturated carbocycles. The number of ether oxygens (including phenoxy) is 1. The van der Waals surface area contributed by atoms with Crippen molar-refractivity contribution in [1.82, 2.24) is 10.2 Å². The maximum Gasteiger partial charge on any atom is 0.135 e. The van der Waals surface area contributed by atoms with Crippen molar-refractivity contribution in [1.29, 1.82) is 0 Å². The van der Waals surface area contributed by atoms with Crippen molar-refractivity contribution in [2.45, 2.75) is 37.5 Å². The lowest BCUT2D eigenvalue weighted by Gasteiger charge is -2.29. The number of nitrogens with zero attached hydrogens (tertiary/aromatic N) is 1. The summed E-state index contributed by atoms with van der Waals surface area (Å²) < 4.78 is 5.73. The van der Waals surface area contributed by atoms with Crippen molar-refractivity contribution in [3.8, 4) is 0 Å². The van der Waals surface area contributed by atoms with Gasteiger partial charge >= 0.3 is 0 Å². The second-order valence-electron chi connectivity index (χ2n) is 3.87. The highest BCUT2D eigenvalue weighted by Crippen LogP contribution is 2.38. The number of hydrogen-bond acceptors (Lipinski definition) is 5. The molecule has 0 radical (unpaired) electrons. The van der Waals surface area contributed by atoms with E-state index < -0.39 is 0 Å². The van der Waals surface area contributed by atoms with E-state index in [0.717, 1.165) is 11.4 Å². The standard InChI is InChI=1S/C8H12N2OS3/c1-8(2)3-6-5(4-11-8)7(10-9-6)13-14-12/h12H,3-4H2,1-2H3,(H,9,10). The van der Waals surface area contributed by atoms with Crippen LogP contribution in [0.25, 0.3) is 0 Å². The first-order chi connectivity index (χ1) is 6.62. The number of fused-ring (bicyclic) bond motifs is 1. The van der Waals surface area contributed by atoms with Crippen LogP contribution in [-0.2, 0) is 17.8 Å². The minimum absolute atomic E-state index is 0.0738. The molecule has 0 bridgehead atoms. The second-order valence-corrected chi connectivity index (χ2v) is 6.86. The lowest BCUT2D eigenvalue weighted by molar-refractivity contribution is -0.0416. The third-order valence-electron chi connectivity index (χ3n) is 2.24. The van der Waals surface area contributed by atoms with Crippen LogP contribution < -0.4 is 0 Å². The van der Waals surface area contributed by atoms with E-state index >= 15 is 0 Å². The Bertz CT molecular complexity index is 337. The fraction of sp³-hybridized carbons (Fsp3) is 0.625. The van der Waals surface area contributed by atoms with E-state index in [1.807, 2.05) is 0 Å². The average molecular weight is 248 g/mol. The molecule has 0 aromatic carbocycles. The number of rotatable bonds is 2. The molecule has 3 nitrogen and oxygen atoms in total. The fourth-order valence-electron chi connectivity index (χ4n) is 1.53. The summed E-state index contributed by atoms with van der Waals surface area (Å²) in [4.78, 5) is 0. The summed E-state index contributed by atoms with van der Waals surface area (Å²) in [5, 5.41) is 8.31. The van der Waals surface area contributed by atoms with Gasteiger partial charge in [-0.1, -0.05) is 11.7 Å². The van der Waals surface area contributed by atoms with Gasteiger partial charge < -0.3 is 4.74 Å². The van der Waals surface area contributed by atoms with Gasteiger partial charge in [0, 0.05) is 17.7 Å². The van der Waals surface area contributed by atoms with E-state index in [0.29, 0.717) is 6.61 Å². The van der Waals surface area contributed by atoms with Crippen LogP contribution in [0, 0.1) is 0 Å². The van der Waals surface area contributed by atoms with Crippen molar-refractivity contribution in [2.24, 2.45) is 0 Å². The third-order valence-corrected chi connectivity index (χ3v) is 4.18. The number of hydrogen-bond donors (Lipinski definition) is 2. The minimum Gasteiger partial charge on any atom is -0.370 e. The Kier molecular flexibility index (Phi) is 3.06. The van der Waals surface area contributed by atoms with Crippen molar-refractivity contribution in [3.63, 3.8) is 0 Å². The molecule has 0 spiro atoms. The molecule has 1 aromatic heterocycles. The molecule has 1 aliphatic heterocycles. The van der Waals surface area contributed by atoms with Gasteiger partial charge in [0.05, 0.1) is 12.2 Å². The highest BCUT2D eigenvalue weighted by molar-refractivity contribution is 9.05. The van der Waals surface area contributed by atoms with E-state index in [4.69, 9.17) is 4.74 Å². The molecule has 1 N–H and O–H groups in total. The van der Waals surface area contributed by atoms with Crippen LogP contribution in [0.4, 0.5) is 0 Å². The number of H-pyrrole nitrogens is 1. The molecule has 2 heterocycles. The quantitative estimate of drug-likeness (QED) is 0.623. The minimum atomic E-state index is -0.0738. The van der Waals surface area contributed by atoms with Gasteiger partial charge in [0.1, 0.15) is 5.03 Å². The SMILES string of the molecule is CC1(C)Cc2[nH]nc(SSS)c2CO1. The monoisotopic (exact) mass is 248 g/mol. The number of aromatic amines is 1. The molecule has 0 aliphatic carbocycles. The van der Waals surface area contributed by atoms with E-state index in [2.05, 4.69) is 35.7 Å². The van der Waals surface area contributed by atoms with Crippen molar-refractivity contribution in [2.75, 3.05) is 0 Å². The summed E-state index contributed by atoms with van der Waals surface area (Å²) in [7, 11) is 2.96. The maximum atomic E-state index is 5.73. The van der Waals surface area contributed by atoms with E-state index in [1.165, 1.54) is 21.1 Å². The molecule has 0 unspecified atom stereocenters. The molecular formula is C8H12N2OS3. The predicted octanol–water partition coefficient (Wildman–Crippen LogP) is 2.85. The molecule has 1 aliphatic rings. The molecule has 6 heteroatoms. The van der Waals surface area contributed by atoms with E-state index in [1.54, 1.807) is 10.8 Å². The second kappa shape index (κ2) is 4.00.